The van der Waals surface area contributed by atoms with Crippen molar-refractivity contribution in [3.63, 3.8) is 0 Å². The summed E-state index contributed by atoms with van der Waals surface area (Å²) >= 11 is 0. The number of hydrogen-bond acceptors (Lipinski definition) is 3. The first-order chi connectivity index (χ1) is 8.61. The van der Waals surface area contributed by atoms with Crippen LogP contribution in [-0.2, 0) is 4.74 Å². The first-order valence-electron chi connectivity index (χ1n) is 6.91. The SMILES string of the molecule is CPC(=O)NCC1CN(CCCC(C)C)CCO1. The molecule has 0 aliphatic carbocycles. The van der Waals surface area contributed by atoms with E-state index in [9.17, 15) is 4.79 Å². The zero-order valence-electron chi connectivity index (χ0n) is 11.9. The fraction of sp³-hybridized carbons (Fsp3) is 0.923. The van der Waals surface area contributed by atoms with E-state index in [2.05, 4.69) is 24.1 Å². The average Bonchev–Trinajstić information content (AvgIpc) is 2.36. The van der Waals surface area contributed by atoms with Crippen molar-refractivity contribution in [2.24, 2.45) is 5.92 Å². The van der Waals surface area contributed by atoms with Gasteiger partial charge < -0.3 is 10.1 Å². The summed E-state index contributed by atoms with van der Waals surface area (Å²) in [6.07, 6.45) is 2.71. The van der Waals surface area contributed by atoms with Gasteiger partial charge in [0, 0.05) is 19.6 Å². The summed E-state index contributed by atoms with van der Waals surface area (Å²) < 4.78 is 5.68. The number of hydrogen-bond donors (Lipinski definition) is 1. The standard InChI is InChI=1S/C13H27N2O2P/c1-11(2)5-4-6-15-7-8-17-12(10-15)9-14-13(16)18-3/h11-12,18H,4-10H2,1-3H3,(H,14,16). The molecule has 1 rings (SSSR count). The molecule has 1 amide bonds. The van der Waals surface area contributed by atoms with Gasteiger partial charge in [-0.3, -0.25) is 9.69 Å². The Labute approximate surface area is 113 Å². The molecule has 0 spiro atoms. The monoisotopic (exact) mass is 274 g/mol. The molecule has 18 heavy (non-hydrogen) atoms. The van der Waals surface area contributed by atoms with Crippen molar-refractivity contribution in [1.29, 1.82) is 0 Å². The molecule has 1 N–H and O–H groups in total. The lowest BCUT2D eigenvalue weighted by molar-refractivity contribution is -0.0260. The molecule has 0 saturated carbocycles. The van der Waals surface area contributed by atoms with Crippen molar-refractivity contribution in [2.75, 3.05) is 39.5 Å². The van der Waals surface area contributed by atoms with E-state index in [1.165, 1.54) is 12.8 Å². The molecule has 0 bridgehead atoms. The normalized spacial score (nSPS) is 21.9. The van der Waals surface area contributed by atoms with Gasteiger partial charge in [-0.25, -0.2) is 0 Å². The van der Waals surface area contributed by atoms with Crippen molar-refractivity contribution in [3.05, 3.63) is 0 Å². The summed E-state index contributed by atoms with van der Waals surface area (Å²) in [5.41, 5.74) is 0.135. The summed E-state index contributed by atoms with van der Waals surface area (Å²) in [5, 5.41) is 2.92. The second-order valence-electron chi connectivity index (χ2n) is 5.29. The topological polar surface area (TPSA) is 41.6 Å². The molecular formula is C13H27N2O2P. The Morgan fingerprint density at radius 1 is 1.56 bits per heavy atom. The number of carbonyl (C=O) groups is 1. The molecule has 106 valence electrons. The highest BCUT2D eigenvalue weighted by molar-refractivity contribution is 7.56. The molecule has 4 nitrogen and oxygen atoms in total. The van der Waals surface area contributed by atoms with E-state index in [-0.39, 0.29) is 11.8 Å². The Morgan fingerprint density at radius 3 is 3.00 bits per heavy atom. The van der Waals surface area contributed by atoms with Gasteiger partial charge in [-0.15, -0.1) is 0 Å². The fourth-order valence-electron chi connectivity index (χ4n) is 2.13. The van der Waals surface area contributed by atoms with Crippen LogP contribution in [0.25, 0.3) is 0 Å². The minimum absolute atomic E-state index is 0.135. The van der Waals surface area contributed by atoms with Crippen LogP contribution in [0.1, 0.15) is 26.7 Å². The Kier molecular flexibility index (Phi) is 7.80. The number of amides is 1. The molecule has 1 aliphatic rings. The van der Waals surface area contributed by atoms with Crippen LogP contribution in [0.2, 0.25) is 0 Å². The van der Waals surface area contributed by atoms with Gasteiger partial charge in [0.1, 0.15) is 0 Å². The number of ether oxygens (including phenoxy) is 1. The molecule has 2 atom stereocenters. The first kappa shape index (κ1) is 15.9. The van der Waals surface area contributed by atoms with Crippen LogP contribution in [0, 0.1) is 5.92 Å². The Bertz CT molecular complexity index is 249. The van der Waals surface area contributed by atoms with Crippen molar-refractivity contribution in [3.8, 4) is 0 Å². The second kappa shape index (κ2) is 8.84. The summed E-state index contributed by atoms with van der Waals surface area (Å²) in [5.74, 6) is 0.784. The van der Waals surface area contributed by atoms with Gasteiger partial charge in [-0.05, 0) is 40.5 Å². The summed E-state index contributed by atoms with van der Waals surface area (Å²) in [4.78, 5) is 13.7. The second-order valence-corrected chi connectivity index (χ2v) is 6.24. The Hall–Kier alpha value is -0.180. The minimum atomic E-state index is 0.135. The molecule has 0 radical (unpaired) electrons. The van der Waals surface area contributed by atoms with E-state index in [4.69, 9.17) is 4.74 Å². The lowest BCUT2D eigenvalue weighted by Gasteiger charge is -2.33. The molecule has 0 aromatic carbocycles. The van der Waals surface area contributed by atoms with Gasteiger partial charge in [-0.1, -0.05) is 13.8 Å². The molecule has 2 unspecified atom stereocenters. The Morgan fingerprint density at radius 2 is 2.33 bits per heavy atom. The van der Waals surface area contributed by atoms with Crippen LogP contribution in [0.4, 0.5) is 4.79 Å². The maximum absolute atomic E-state index is 11.2. The van der Waals surface area contributed by atoms with E-state index in [1.807, 2.05) is 6.66 Å². The van der Waals surface area contributed by atoms with Crippen molar-refractivity contribution in [1.82, 2.24) is 10.2 Å². The number of nitrogens with zero attached hydrogens (tertiary/aromatic N) is 1. The molecule has 1 fully saturated rings. The number of nitrogens with one attached hydrogen (secondary N) is 1. The molecule has 5 heteroatoms. The van der Waals surface area contributed by atoms with E-state index < -0.39 is 0 Å². The first-order valence-corrected chi connectivity index (χ1v) is 8.41. The van der Waals surface area contributed by atoms with Gasteiger partial charge in [0.05, 0.1) is 12.7 Å². The van der Waals surface area contributed by atoms with Gasteiger partial charge >= 0.3 is 0 Å². The lowest BCUT2D eigenvalue weighted by Crippen LogP contribution is -2.47. The van der Waals surface area contributed by atoms with E-state index in [1.54, 1.807) is 0 Å². The van der Waals surface area contributed by atoms with Gasteiger partial charge in [0.25, 0.3) is 0 Å². The summed E-state index contributed by atoms with van der Waals surface area (Å²) in [6.45, 7) is 11.0. The van der Waals surface area contributed by atoms with E-state index in [0.717, 1.165) is 32.2 Å². The highest BCUT2D eigenvalue weighted by atomic mass is 31.1. The molecule has 0 aromatic rings. The average molecular weight is 274 g/mol. The van der Waals surface area contributed by atoms with Crippen molar-refractivity contribution >= 4 is 14.2 Å². The molecule has 0 aromatic heterocycles. The summed E-state index contributed by atoms with van der Waals surface area (Å²) in [7, 11) is 0.325. The largest absolute Gasteiger partial charge is 0.374 e. The maximum Gasteiger partial charge on any atom is 0.237 e. The third kappa shape index (κ3) is 6.67. The maximum atomic E-state index is 11.2. The molecule has 1 aliphatic heterocycles. The van der Waals surface area contributed by atoms with Crippen LogP contribution >= 0.6 is 8.58 Å². The van der Waals surface area contributed by atoms with Crippen LogP contribution < -0.4 is 5.32 Å². The predicted molar refractivity (Wildman–Crippen MR) is 77.9 cm³/mol. The van der Waals surface area contributed by atoms with Crippen molar-refractivity contribution < 1.29 is 9.53 Å². The number of rotatable bonds is 7. The Balaban J connectivity index is 2.17. The molecule has 1 heterocycles. The van der Waals surface area contributed by atoms with Crippen LogP contribution in [-0.4, -0.2) is 56.1 Å². The third-order valence-electron chi connectivity index (χ3n) is 3.20. The van der Waals surface area contributed by atoms with Crippen LogP contribution in [0.5, 0.6) is 0 Å². The molecular weight excluding hydrogens is 247 g/mol. The van der Waals surface area contributed by atoms with Gasteiger partial charge in [-0.2, -0.15) is 0 Å². The van der Waals surface area contributed by atoms with Crippen molar-refractivity contribution in [2.45, 2.75) is 32.8 Å². The van der Waals surface area contributed by atoms with E-state index in [0.29, 0.717) is 15.1 Å². The molecule has 1 saturated heterocycles. The summed E-state index contributed by atoms with van der Waals surface area (Å²) in [6, 6.07) is 0. The predicted octanol–water partition coefficient (Wildman–Crippen LogP) is 2.14. The number of morpholine rings is 1. The third-order valence-corrected chi connectivity index (χ3v) is 3.83. The quantitative estimate of drug-likeness (QED) is 0.723. The van der Waals surface area contributed by atoms with Crippen LogP contribution in [0.15, 0.2) is 0 Å². The highest BCUT2D eigenvalue weighted by Crippen LogP contribution is 2.10. The smallest absolute Gasteiger partial charge is 0.237 e. The minimum Gasteiger partial charge on any atom is -0.374 e. The van der Waals surface area contributed by atoms with E-state index >= 15 is 0 Å². The highest BCUT2D eigenvalue weighted by Gasteiger charge is 2.20. The zero-order chi connectivity index (χ0) is 13.4. The zero-order valence-corrected chi connectivity index (χ0v) is 12.9. The van der Waals surface area contributed by atoms with Crippen LogP contribution in [0.3, 0.4) is 0 Å². The van der Waals surface area contributed by atoms with Gasteiger partial charge in [0.15, 0.2) is 0 Å². The fourth-order valence-corrected chi connectivity index (χ4v) is 2.40. The number of carbonyl (C=O) groups excluding carboxylic acids is 1. The van der Waals surface area contributed by atoms with Gasteiger partial charge in [0.2, 0.25) is 5.65 Å². The lowest BCUT2D eigenvalue weighted by atomic mass is 10.1.